The third-order valence-electron chi connectivity index (χ3n) is 3.96. The van der Waals surface area contributed by atoms with Crippen molar-refractivity contribution >= 4 is 23.5 Å². The van der Waals surface area contributed by atoms with E-state index < -0.39 is 0 Å². The van der Waals surface area contributed by atoms with E-state index in [-0.39, 0.29) is 12.0 Å². The van der Waals surface area contributed by atoms with Gasteiger partial charge >= 0.3 is 0 Å². The number of hydrogen-bond donors (Lipinski definition) is 1. The summed E-state index contributed by atoms with van der Waals surface area (Å²) in [5, 5.41) is 4.87. The Morgan fingerprint density at radius 3 is 2.62 bits per heavy atom. The number of hydrogen-bond acceptors (Lipinski definition) is 6. The Hall–Kier alpha value is -3.19. The van der Waals surface area contributed by atoms with Crippen LogP contribution in [0, 0.1) is 6.92 Å². The van der Waals surface area contributed by atoms with Gasteiger partial charge < -0.3 is 9.47 Å². The number of nitrogens with zero attached hydrogens (tertiary/aromatic N) is 2. The molecule has 0 saturated carbocycles. The molecule has 0 bridgehead atoms. The summed E-state index contributed by atoms with van der Waals surface area (Å²) < 4.78 is 11.1. The Morgan fingerprint density at radius 2 is 1.93 bits per heavy atom. The van der Waals surface area contributed by atoms with Crippen LogP contribution in [-0.4, -0.2) is 30.3 Å². The van der Waals surface area contributed by atoms with Crippen molar-refractivity contribution in [1.82, 2.24) is 10.4 Å². The van der Waals surface area contributed by atoms with Crippen LogP contribution < -0.4 is 14.9 Å². The molecule has 0 aliphatic carbocycles. The Morgan fingerprint density at radius 1 is 1.17 bits per heavy atom. The quantitative estimate of drug-likeness (QED) is 0.454. The highest BCUT2D eigenvalue weighted by Crippen LogP contribution is 2.29. The minimum Gasteiger partial charge on any atom is -0.493 e. The first-order valence-corrected chi connectivity index (χ1v) is 10.0. The minimum atomic E-state index is -0.343. The normalized spacial score (nSPS) is 11.1. The molecule has 6 nitrogen and oxygen atoms in total. The van der Waals surface area contributed by atoms with Crippen molar-refractivity contribution in [2.75, 3.05) is 7.11 Å². The topological polar surface area (TPSA) is 72.8 Å². The fourth-order valence-electron chi connectivity index (χ4n) is 2.65. The maximum atomic E-state index is 12.5. The first-order valence-electron chi connectivity index (χ1n) is 9.19. The summed E-state index contributed by atoms with van der Waals surface area (Å²) in [7, 11) is 1.59. The number of aryl methyl sites for hydroxylation is 1. The summed E-state index contributed by atoms with van der Waals surface area (Å²) in [5.41, 5.74) is 4.69. The highest BCUT2D eigenvalue weighted by Gasteiger charge is 2.16. The molecule has 3 aromatic rings. The molecule has 0 saturated heterocycles. The number of ether oxygens (including phenoxy) is 2. The Kier molecular flexibility index (Phi) is 6.61. The van der Waals surface area contributed by atoms with Crippen molar-refractivity contribution < 1.29 is 14.3 Å². The van der Waals surface area contributed by atoms with E-state index >= 15 is 0 Å². The van der Waals surface area contributed by atoms with Crippen molar-refractivity contribution in [2.24, 2.45) is 5.10 Å². The third-order valence-corrected chi connectivity index (χ3v) is 4.98. The van der Waals surface area contributed by atoms with Gasteiger partial charge in [-0.05, 0) is 44.5 Å². The van der Waals surface area contributed by atoms with Gasteiger partial charge in [0.1, 0.15) is 10.7 Å². The third kappa shape index (κ3) is 5.20. The number of amides is 1. The van der Waals surface area contributed by atoms with Gasteiger partial charge in [0, 0.05) is 10.4 Å². The van der Waals surface area contributed by atoms with Gasteiger partial charge in [-0.3, -0.25) is 4.79 Å². The van der Waals surface area contributed by atoms with Crippen molar-refractivity contribution in [3.8, 4) is 22.1 Å². The van der Waals surface area contributed by atoms with Gasteiger partial charge in [-0.25, -0.2) is 10.4 Å². The smallest absolute Gasteiger partial charge is 0.291 e. The SMILES string of the molecule is COc1ccc(/C=N\NC(=O)c2nc(-c3ccccc3)sc2C)cc1OC(C)C. The largest absolute Gasteiger partial charge is 0.493 e. The maximum Gasteiger partial charge on any atom is 0.291 e. The monoisotopic (exact) mass is 409 g/mol. The number of carbonyl (C=O) groups excluding carboxylic acids is 1. The minimum absolute atomic E-state index is 0.0160. The van der Waals surface area contributed by atoms with Gasteiger partial charge in [0.05, 0.1) is 19.4 Å². The average Bonchev–Trinajstić information content (AvgIpc) is 3.10. The van der Waals surface area contributed by atoms with Gasteiger partial charge in [-0.2, -0.15) is 5.10 Å². The highest BCUT2D eigenvalue weighted by atomic mass is 32.1. The fraction of sp³-hybridized carbons (Fsp3) is 0.227. The number of hydrazone groups is 1. The van der Waals surface area contributed by atoms with E-state index in [9.17, 15) is 4.79 Å². The summed E-state index contributed by atoms with van der Waals surface area (Å²) in [6.07, 6.45) is 1.58. The number of benzene rings is 2. The molecular weight excluding hydrogens is 386 g/mol. The predicted molar refractivity (Wildman–Crippen MR) is 116 cm³/mol. The molecule has 0 fully saturated rings. The van der Waals surface area contributed by atoms with E-state index in [4.69, 9.17) is 9.47 Å². The molecule has 0 aliphatic rings. The molecular formula is C22H23N3O3S. The van der Waals surface area contributed by atoms with E-state index in [0.29, 0.717) is 17.2 Å². The molecule has 0 atom stereocenters. The maximum absolute atomic E-state index is 12.5. The van der Waals surface area contributed by atoms with Crippen LogP contribution >= 0.6 is 11.3 Å². The standard InChI is InChI=1S/C22H23N3O3S/c1-14(2)28-19-12-16(10-11-18(19)27-4)13-23-25-21(26)20-15(3)29-22(24-20)17-8-6-5-7-9-17/h5-14H,1-4H3,(H,25,26)/b23-13-. The number of aromatic nitrogens is 1. The van der Waals surface area contributed by atoms with E-state index in [1.807, 2.05) is 63.2 Å². The molecule has 0 radical (unpaired) electrons. The van der Waals surface area contributed by atoms with Crippen molar-refractivity contribution in [1.29, 1.82) is 0 Å². The van der Waals surface area contributed by atoms with Crippen molar-refractivity contribution in [3.63, 3.8) is 0 Å². The van der Waals surface area contributed by atoms with Gasteiger partial charge in [-0.15, -0.1) is 11.3 Å². The lowest BCUT2D eigenvalue weighted by molar-refractivity contribution is 0.0950. The zero-order chi connectivity index (χ0) is 20.8. The second-order valence-corrected chi connectivity index (χ2v) is 7.77. The van der Waals surface area contributed by atoms with Crippen LogP contribution in [0.2, 0.25) is 0 Å². The van der Waals surface area contributed by atoms with Crippen molar-refractivity contribution in [3.05, 3.63) is 64.7 Å². The van der Waals surface area contributed by atoms with Gasteiger partial charge in [-0.1, -0.05) is 30.3 Å². The summed E-state index contributed by atoms with van der Waals surface area (Å²) in [5.74, 6) is 0.927. The molecule has 0 spiro atoms. The molecule has 1 aromatic heterocycles. The summed E-state index contributed by atoms with van der Waals surface area (Å²) >= 11 is 1.48. The number of methoxy groups -OCH3 is 1. The number of rotatable bonds is 7. The number of carbonyl (C=O) groups is 1. The van der Waals surface area contributed by atoms with E-state index in [2.05, 4.69) is 15.5 Å². The van der Waals surface area contributed by atoms with Crippen molar-refractivity contribution in [2.45, 2.75) is 26.9 Å². The molecule has 2 aromatic carbocycles. The van der Waals surface area contributed by atoms with E-state index in [0.717, 1.165) is 21.0 Å². The molecule has 150 valence electrons. The van der Waals surface area contributed by atoms with Crippen LogP contribution in [-0.2, 0) is 0 Å². The zero-order valence-electron chi connectivity index (χ0n) is 16.8. The molecule has 1 amide bonds. The summed E-state index contributed by atoms with van der Waals surface area (Å²) in [6, 6.07) is 15.2. The number of nitrogens with one attached hydrogen (secondary N) is 1. The molecule has 1 heterocycles. The van der Waals surface area contributed by atoms with Crippen LogP contribution in [0.3, 0.4) is 0 Å². The molecule has 7 heteroatoms. The van der Waals surface area contributed by atoms with Crippen LogP contribution in [0.5, 0.6) is 11.5 Å². The fourth-order valence-corrected chi connectivity index (χ4v) is 3.57. The van der Waals surface area contributed by atoms with Crippen LogP contribution in [0.25, 0.3) is 10.6 Å². The number of thiazole rings is 1. The molecule has 0 aliphatic heterocycles. The summed E-state index contributed by atoms with van der Waals surface area (Å²) in [4.78, 5) is 17.8. The second-order valence-electron chi connectivity index (χ2n) is 6.57. The lowest BCUT2D eigenvalue weighted by atomic mass is 10.2. The van der Waals surface area contributed by atoms with E-state index in [1.54, 1.807) is 19.4 Å². The van der Waals surface area contributed by atoms with Crippen LogP contribution in [0.1, 0.15) is 34.8 Å². The van der Waals surface area contributed by atoms with E-state index in [1.165, 1.54) is 11.3 Å². The molecule has 0 unspecified atom stereocenters. The zero-order valence-corrected chi connectivity index (χ0v) is 17.6. The molecule has 1 N–H and O–H groups in total. The Labute approximate surface area is 174 Å². The van der Waals surface area contributed by atoms with Gasteiger partial charge in [0.25, 0.3) is 5.91 Å². The average molecular weight is 410 g/mol. The lowest BCUT2D eigenvalue weighted by Crippen LogP contribution is -2.19. The van der Waals surface area contributed by atoms with Crippen LogP contribution in [0.15, 0.2) is 53.6 Å². The first kappa shape index (κ1) is 20.5. The highest BCUT2D eigenvalue weighted by molar-refractivity contribution is 7.15. The summed E-state index contributed by atoms with van der Waals surface area (Å²) in [6.45, 7) is 5.77. The lowest BCUT2D eigenvalue weighted by Gasteiger charge is -2.13. The molecule has 3 rings (SSSR count). The Bertz CT molecular complexity index is 1010. The Balaban J connectivity index is 1.71. The van der Waals surface area contributed by atoms with Gasteiger partial charge in [0.2, 0.25) is 0 Å². The second kappa shape index (κ2) is 9.34. The molecule has 29 heavy (non-hydrogen) atoms. The van der Waals surface area contributed by atoms with Crippen LogP contribution in [0.4, 0.5) is 0 Å². The predicted octanol–water partition coefficient (Wildman–Crippen LogP) is 4.68. The first-order chi connectivity index (χ1) is 14.0. The van der Waals surface area contributed by atoms with Gasteiger partial charge in [0.15, 0.2) is 11.5 Å².